The van der Waals surface area contributed by atoms with Crippen molar-refractivity contribution in [2.24, 2.45) is 11.8 Å². The molecule has 0 saturated carbocycles. The highest BCUT2D eigenvalue weighted by atomic mass is 16.5. The Bertz CT molecular complexity index is 988. The molecule has 0 amide bonds. The van der Waals surface area contributed by atoms with Gasteiger partial charge in [0.25, 0.3) is 0 Å². The maximum atomic E-state index is 9.49. The third-order valence-electron chi connectivity index (χ3n) is 8.06. The van der Waals surface area contributed by atoms with E-state index in [0.29, 0.717) is 5.56 Å². The maximum Gasteiger partial charge on any atom is 0.101 e. The van der Waals surface area contributed by atoms with Gasteiger partial charge in [-0.3, -0.25) is 4.98 Å². The van der Waals surface area contributed by atoms with Crippen molar-refractivity contribution < 1.29 is 4.74 Å². The van der Waals surface area contributed by atoms with Gasteiger partial charge in [0.2, 0.25) is 0 Å². The smallest absolute Gasteiger partial charge is 0.101 e. The van der Waals surface area contributed by atoms with Crippen LogP contribution < -0.4 is 4.90 Å². The summed E-state index contributed by atoms with van der Waals surface area (Å²) in [6, 6.07) is 10.3. The minimum atomic E-state index is 0.183. The van der Waals surface area contributed by atoms with Crippen LogP contribution in [0.3, 0.4) is 0 Å². The zero-order valence-corrected chi connectivity index (χ0v) is 20.1. The van der Waals surface area contributed by atoms with Crippen LogP contribution in [-0.4, -0.2) is 79.9 Å². The first-order valence-electron chi connectivity index (χ1n) is 12.7. The Balaban J connectivity index is 1.22. The van der Waals surface area contributed by atoms with E-state index in [-0.39, 0.29) is 12.2 Å². The predicted octanol–water partition coefficient (Wildman–Crippen LogP) is 3.75. The highest BCUT2D eigenvalue weighted by Crippen LogP contribution is 2.33. The summed E-state index contributed by atoms with van der Waals surface area (Å²) in [4.78, 5) is 12.0. The summed E-state index contributed by atoms with van der Waals surface area (Å²) in [5, 5.41) is 10.5. The van der Waals surface area contributed by atoms with Gasteiger partial charge in [-0.15, -0.1) is 0 Å². The molecule has 0 radical (unpaired) electrons. The van der Waals surface area contributed by atoms with E-state index in [2.05, 4.69) is 51.9 Å². The number of anilines is 1. The van der Waals surface area contributed by atoms with Crippen LogP contribution in [0.2, 0.25) is 0 Å². The van der Waals surface area contributed by atoms with E-state index in [9.17, 15) is 5.26 Å². The van der Waals surface area contributed by atoms with Crippen LogP contribution in [0.4, 0.5) is 5.69 Å². The van der Waals surface area contributed by atoms with Crippen molar-refractivity contribution in [3.8, 4) is 6.07 Å². The number of rotatable bonds is 4. The number of nitriles is 1. The summed E-state index contributed by atoms with van der Waals surface area (Å²) in [5.41, 5.74) is 2.60. The molecule has 0 spiro atoms. The first kappa shape index (κ1) is 22.6. The van der Waals surface area contributed by atoms with E-state index in [1.807, 2.05) is 12.1 Å². The van der Waals surface area contributed by atoms with Crippen molar-refractivity contribution in [1.82, 2.24) is 14.8 Å². The Hall–Kier alpha value is -2.20. The Kier molecular flexibility index (Phi) is 6.82. The molecule has 3 fully saturated rings. The van der Waals surface area contributed by atoms with Crippen molar-refractivity contribution in [2.45, 2.75) is 44.8 Å². The molecule has 5 rings (SSSR count). The topological polar surface area (TPSA) is 55.6 Å². The standard InChI is InChI=1S/C27H37N5O/c1-20-17-32(26-6-5-23(16-28)27-25(26)4-3-11-29-27)19-24(33-20)18-31-14-9-22(10-15-31)21-7-12-30(2)13-8-21/h3-6,11,20-22,24H,7-10,12-15,17-19H2,1-2H3/t20-,24+/m1/s1. The lowest BCUT2D eigenvalue weighted by molar-refractivity contribution is -0.0379. The highest BCUT2D eigenvalue weighted by molar-refractivity contribution is 5.95. The lowest BCUT2D eigenvalue weighted by atomic mass is 9.79. The third kappa shape index (κ3) is 5.01. The van der Waals surface area contributed by atoms with Gasteiger partial charge in [0.15, 0.2) is 0 Å². The summed E-state index contributed by atoms with van der Waals surface area (Å²) in [7, 11) is 2.25. The van der Waals surface area contributed by atoms with E-state index in [0.717, 1.165) is 42.4 Å². The maximum absolute atomic E-state index is 9.49. The number of hydrogen-bond acceptors (Lipinski definition) is 6. The predicted molar refractivity (Wildman–Crippen MR) is 132 cm³/mol. The number of benzene rings is 1. The van der Waals surface area contributed by atoms with Crippen LogP contribution in [0.25, 0.3) is 10.9 Å². The molecule has 3 saturated heterocycles. The molecular weight excluding hydrogens is 410 g/mol. The zero-order chi connectivity index (χ0) is 22.8. The van der Waals surface area contributed by atoms with E-state index in [1.54, 1.807) is 6.20 Å². The van der Waals surface area contributed by atoms with Crippen molar-refractivity contribution in [1.29, 1.82) is 5.26 Å². The lowest BCUT2D eigenvalue weighted by Crippen LogP contribution is -2.52. The van der Waals surface area contributed by atoms with Gasteiger partial charge in [0.1, 0.15) is 6.07 Å². The second kappa shape index (κ2) is 9.97. The Morgan fingerprint density at radius 2 is 1.76 bits per heavy atom. The van der Waals surface area contributed by atoms with E-state index < -0.39 is 0 Å². The van der Waals surface area contributed by atoms with Gasteiger partial charge in [-0.1, -0.05) is 0 Å². The highest BCUT2D eigenvalue weighted by Gasteiger charge is 2.32. The number of pyridine rings is 1. The minimum absolute atomic E-state index is 0.183. The third-order valence-corrected chi connectivity index (χ3v) is 8.06. The molecule has 33 heavy (non-hydrogen) atoms. The molecule has 4 heterocycles. The normalized spacial score (nSPS) is 26.5. The molecule has 3 aliphatic rings. The van der Waals surface area contributed by atoms with E-state index in [4.69, 9.17) is 4.74 Å². The number of fused-ring (bicyclic) bond motifs is 1. The number of piperidine rings is 2. The van der Waals surface area contributed by atoms with Gasteiger partial charge in [0, 0.05) is 36.9 Å². The minimum Gasteiger partial charge on any atom is -0.370 e. The van der Waals surface area contributed by atoms with Crippen LogP contribution in [0.1, 0.15) is 38.2 Å². The fourth-order valence-corrected chi connectivity index (χ4v) is 6.26. The Morgan fingerprint density at radius 1 is 1.03 bits per heavy atom. The average molecular weight is 448 g/mol. The number of likely N-dealkylation sites (tertiary alicyclic amines) is 2. The number of aromatic nitrogens is 1. The molecule has 2 atom stereocenters. The quantitative estimate of drug-likeness (QED) is 0.712. The Labute approximate surface area is 198 Å². The Morgan fingerprint density at radius 3 is 2.48 bits per heavy atom. The zero-order valence-electron chi connectivity index (χ0n) is 20.1. The largest absolute Gasteiger partial charge is 0.370 e. The number of hydrogen-bond donors (Lipinski definition) is 0. The van der Waals surface area contributed by atoms with Gasteiger partial charge in [0.05, 0.1) is 23.3 Å². The molecule has 176 valence electrons. The fraction of sp³-hybridized carbons (Fsp3) is 0.630. The number of ether oxygens (including phenoxy) is 1. The van der Waals surface area contributed by atoms with Crippen LogP contribution in [-0.2, 0) is 4.74 Å². The van der Waals surface area contributed by atoms with E-state index in [1.165, 1.54) is 57.5 Å². The summed E-state index contributed by atoms with van der Waals surface area (Å²) >= 11 is 0. The number of morpholine rings is 1. The van der Waals surface area contributed by atoms with Gasteiger partial charge in [-0.2, -0.15) is 5.26 Å². The molecule has 3 aliphatic heterocycles. The summed E-state index contributed by atoms with van der Waals surface area (Å²) < 4.78 is 6.40. The van der Waals surface area contributed by atoms with Crippen molar-refractivity contribution in [2.75, 3.05) is 57.8 Å². The van der Waals surface area contributed by atoms with E-state index >= 15 is 0 Å². The van der Waals surface area contributed by atoms with Crippen LogP contribution in [0.15, 0.2) is 30.5 Å². The molecule has 1 aromatic heterocycles. The average Bonchev–Trinajstić information content (AvgIpc) is 2.84. The second-order valence-corrected chi connectivity index (χ2v) is 10.4. The van der Waals surface area contributed by atoms with Gasteiger partial charge < -0.3 is 19.4 Å². The molecule has 0 bridgehead atoms. The molecule has 0 N–H and O–H groups in total. The molecule has 1 aromatic carbocycles. The SMILES string of the molecule is C[C@@H]1CN(c2ccc(C#N)c3ncccc23)C[C@H](CN2CCC(C3CCN(C)CC3)CC2)O1. The molecule has 0 aliphatic carbocycles. The summed E-state index contributed by atoms with van der Waals surface area (Å²) in [6.07, 6.45) is 7.60. The first-order chi connectivity index (χ1) is 16.1. The first-order valence-corrected chi connectivity index (χ1v) is 12.7. The summed E-state index contributed by atoms with van der Waals surface area (Å²) in [6.45, 7) is 9.88. The molecular formula is C27H37N5O. The van der Waals surface area contributed by atoms with Crippen LogP contribution >= 0.6 is 0 Å². The molecule has 6 nitrogen and oxygen atoms in total. The second-order valence-electron chi connectivity index (χ2n) is 10.4. The molecule has 0 unspecified atom stereocenters. The molecule has 6 heteroatoms. The van der Waals surface area contributed by atoms with Crippen molar-refractivity contribution in [3.05, 3.63) is 36.0 Å². The van der Waals surface area contributed by atoms with Crippen LogP contribution in [0, 0.1) is 23.2 Å². The van der Waals surface area contributed by atoms with Gasteiger partial charge >= 0.3 is 0 Å². The van der Waals surface area contributed by atoms with Crippen molar-refractivity contribution >= 4 is 16.6 Å². The lowest BCUT2D eigenvalue weighted by Gasteiger charge is -2.43. The van der Waals surface area contributed by atoms with Gasteiger partial charge in [-0.25, -0.2) is 0 Å². The molecule has 2 aromatic rings. The van der Waals surface area contributed by atoms with Crippen molar-refractivity contribution in [3.63, 3.8) is 0 Å². The fourth-order valence-electron chi connectivity index (χ4n) is 6.26. The number of nitrogens with zero attached hydrogens (tertiary/aromatic N) is 5. The van der Waals surface area contributed by atoms with Crippen LogP contribution in [0.5, 0.6) is 0 Å². The van der Waals surface area contributed by atoms with Gasteiger partial charge in [-0.05, 0) is 102 Å². The monoisotopic (exact) mass is 447 g/mol. The summed E-state index contributed by atoms with van der Waals surface area (Å²) in [5.74, 6) is 1.85.